The Morgan fingerprint density at radius 3 is 2.19 bits per heavy atom. The summed E-state index contributed by atoms with van der Waals surface area (Å²) in [7, 11) is 0. The molecule has 0 atom stereocenters. The van der Waals surface area contributed by atoms with Crippen molar-refractivity contribution in [1.82, 2.24) is 10.2 Å². The van der Waals surface area contributed by atoms with Gasteiger partial charge in [-0.3, -0.25) is 0 Å². The van der Waals surface area contributed by atoms with Crippen LogP contribution >= 0.6 is 0 Å². The van der Waals surface area contributed by atoms with E-state index in [0.29, 0.717) is 5.41 Å². The fourth-order valence-corrected chi connectivity index (χ4v) is 2.39. The smallest absolute Gasteiger partial charge is 0.0107 e. The topological polar surface area (TPSA) is 15.3 Å². The van der Waals surface area contributed by atoms with E-state index in [2.05, 4.69) is 37.9 Å². The van der Waals surface area contributed by atoms with Gasteiger partial charge in [0, 0.05) is 19.1 Å². The minimum Gasteiger partial charge on any atom is -0.313 e. The molecule has 0 radical (unpaired) electrons. The highest BCUT2D eigenvalue weighted by Crippen LogP contribution is 2.29. The average molecular weight is 226 g/mol. The van der Waals surface area contributed by atoms with Crippen LogP contribution in [0.1, 0.15) is 53.4 Å². The Bertz CT molecular complexity index is 175. The lowest BCUT2D eigenvalue weighted by molar-refractivity contribution is 0.132. The number of nitrogens with one attached hydrogen (secondary N) is 1. The van der Waals surface area contributed by atoms with Gasteiger partial charge in [-0.15, -0.1) is 0 Å². The maximum Gasteiger partial charge on any atom is 0.0107 e. The number of hydrogen-bond acceptors (Lipinski definition) is 2. The summed E-state index contributed by atoms with van der Waals surface area (Å²) in [6.45, 7) is 14.3. The molecule has 1 rings (SSSR count). The summed E-state index contributed by atoms with van der Waals surface area (Å²) >= 11 is 0. The Labute approximate surface area is 102 Å². The lowest BCUT2D eigenvalue weighted by Gasteiger charge is -2.37. The molecule has 1 fully saturated rings. The molecule has 1 N–H and O–H groups in total. The van der Waals surface area contributed by atoms with E-state index in [1.165, 1.54) is 45.3 Å². The van der Waals surface area contributed by atoms with Crippen molar-refractivity contribution in [3.8, 4) is 0 Å². The molecule has 1 aliphatic heterocycles. The molecule has 2 nitrogen and oxygen atoms in total. The fourth-order valence-electron chi connectivity index (χ4n) is 2.39. The summed E-state index contributed by atoms with van der Waals surface area (Å²) in [5.41, 5.74) is 0.583. The van der Waals surface area contributed by atoms with Crippen LogP contribution in [-0.2, 0) is 0 Å². The van der Waals surface area contributed by atoms with Crippen LogP contribution in [0, 0.1) is 5.41 Å². The van der Waals surface area contributed by atoms with E-state index in [1.54, 1.807) is 0 Å². The first kappa shape index (κ1) is 14.0. The molecule has 1 aliphatic rings. The van der Waals surface area contributed by atoms with Crippen LogP contribution in [-0.4, -0.2) is 37.1 Å². The molecule has 0 amide bonds. The number of rotatable bonds is 6. The van der Waals surface area contributed by atoms with E-state index in [9.17, 15) is 0 Å². The standard InChI is InChI=1S/C14H30N2/c1-5-13(6-2)15-9-12-16-10-7-14(3,4)8-11-16/h13,15H,5-12H2,1-4H3. The quantitative estimate of drug-likeness (QED) is 0.749. The van der Waals surface area contributed by atoms with E-state index in [1.807, 2.05) is 0 Å². The molecule has 0 saturated carbocycles. The van der Waals surface area contributed by atoms with Crippen molar-refractivity contribution in [3.63, 3.8) is 0 Å². The van der Waals surface area contributed by atoms with Gasteiger partial charge in [0.2, 0.25) is 0 Å². The zero-order valence-corrected chi connectivity index (χ0v) is 11.7. The summed E-state index contributed by atoms with van der Waals surface area (Å²) in [5.74, 6) is 0. The summed E-state index contributed by atoms with van der Waals surface area (Å²) in [6, 6.07) is 0.723. The van der Waals surface area contributed by atoms with Crippen molar-refractivity contribution in [2.45, 2.75) is 59.4 Å². The highest BCUT2D eigenvalue weighted by atomic mass is 15.1. The molecule has 0 aromatic carbocycles. The molecule has 0 aromatic rings. The molecule has 0 spiro atoms. The third kappa shape index (κ3) is 4.84. The summed E-state index contributed by atoms with van der Waals surface area (Å²) in [6.07, 6.45) is 5.23. The predicted octanol–water partition coefficient (Wildman–Crippen LogP) is 2.89. The van der Waals surface area contributed by atoms with Gasteiger partial charge >= 0.3 is 0 Å². The number of likely N-dealkylation sites (tertiary alicyclic amines) is 1. The minimum atomic E-state index is 0.583. The van der Waals surface area contributed by atoms with Crippen LogP contribution in [0.5, 0.6) is 0 Å². The Morgan fingerprint density at radius 2 is 1.69 bits per heavy atom. The molecule has 0 bridgehead atoms. The van der Waals surface area contributed by atoms with Crippen LogP contribution in [0.4, 0.5) is 0 Å². The Hall–Kier alpha value is -0.0800. The van der Waals surface area contributed by atoms with Crippen LogP contribution in [0.15, 0.2) is 0 Å². The van der Waals surface area contributed by atoms with E-state index in [4.69, 9.17) is 0 Å². The number of nitrogens with zero attached hydrogens (tertiary/aromatic N) is 1. The lowest BCUT2D eigenvalue weighted by atomic mass is 9.83. The van der Waals surface area contributed by atoms with Crippen molar-refractivity contribution in [2.24, 2.45) is 5.41 Å². The van der Waals surface area contributed by atoms with Gasteiger partial charge in [0.1, 0.15) is 0 Å². The van der Waals surface area contributed by atoms with Crippen LogP contribution in [0.3, 0.4) is 0 Å². The van der Waals surface area contributed by atoms with Gasteiger partial charge in [-0.25, -0.2) is 0 Å². The van der Waals surface area contributed by atoms with Gasteiger partial charge in [0.15, 0.2) is 0 Å². The van der Waals surface area contributed by atoms with Crippen molar-refractivity contribution >= 4 is 0 Å². The van der Waals surface area contributed by atoms with Crippen molar-refractivity contribution < 1.29 is 0 Å². The molecule has 96 valence electrons. The zero-order chi connectivity index (χ0) is 12.0. The zero-order valence-electron chi connectivity index (χ0n) is 11.7. The fraction of sp³-hybridized carbons (Fsp3) is 1.00. The Morgan fingerprint density at radius 1 is 1.12 bits per heavy atom. The average Bonchev–Trinajstić information content (AvgIpc) is 2.26. The summed E-state index contributed by atoms with van der Waals surface area (Å²) < 4.78 is 0. The summed E-state index contributed by atoms with van der Waals surface area (Å²) in [4.78, 5) is 2.61. The first-order valence-electron chi connectivity index (χ1n) is 7.03. The van der Waals surface area contributed by atoms with Crippen LogP contribution < -0.4 is 5.32 Å². The second kappa shape index (κ2) is 6.61. The second-order valence-electron chi connectivity index (χ2n) is 5.97. The monoisotopic (exact) mass is 226 g/mol. The molecule has 1 saturated heterocycles. The third-order valence-electron chi connectivity index (χ3n) is 4.06. The van der Waals surface area contributed by atoms with Crippen LogP contribution in [0.25, 0.3) is 0 Å². The molecular weight excluding hydrogens is 196 g/mol. The van der Waals surface area contributed by atoms with Gasteiger partial charge in [-0.2, -0.15) is 0 Å². The first-order chi connectivity index (χ1) is 7.57. The molecule has 2 heteroatoms. The third-order valence-corrected chi connectivity index (χ3v) is 4.06. The van der Waals surface area contributed by atoms with E-state index in [0.717, 1.165) is 12.6 Å². The Kier molecular flexibility index (Phi) is 5.77. The summed E-state index contributed by atoms with van der Waals surface area (Å²) in [5, 5.41) is 3.65. The molecular formula is C14H30N2. The van der Waals surface area contributed by atoms with Gasteiger partial charge in [0.05, 0.1) is 0 Å². The lowest BCUT2D eigenvalue weighted by Crippen LogP contribution is -2.42. The van der Waals surface area contributed by atoms with Crippen molar-refractivity contribution in [1.29, 1.82) is 0 Å². The first-order valence-corrected chi connectivity index (χ1v) is 7.03. The molecule has 0 unspecified atom stereocenters. The highest BCUT2D eigenvalue weighted by Gasteiger charge is 2.24. The minimum absolute atomic E-state index is 0.583. The second-order valence-corrected chi connectivity index (χ2v) is 5.97. The van der Waals surface area contributed by atoms with Gasteiger partial charge in [0.25, 0.3) is 0 Å². The van der Waals surface area contributed by atoms with Gasteiger partial charge in [-0.05, 0) is 44.2 Å². The number of hydrogen-bond donors (Lipinski definition) is 1. The normalized spacial score (nSPS) is 21.6. The Balaban J connectivity index is 2.10. The molecule has 0 aliphatic carbocycles. The molecule has 1 heterocycles. The van der Waals surface area contributed by atoms with Crippen molar-refractivity contribution in [2.75, 3.05) is 26.2 Å². The maximum absolute atomic E-state index is 3.65. The highest BCUT2D eigenvalue weighted by molar-refractivity contribution is 4.79. The molecule has 16 heavy (non-hydrogen) atoms. The van der Waals surface area contributed by atoms with Crippen LogP contribution in [0.2, 0.25) is 0 Å². The largest absolute Gasteiger partial charge is 0.313 e. The van der Waals surface area contributed by atoms with E-state index < -0.39 is 0 Å². The molecule has 0 aromatic heterocycles. The van der Waals surface area contributed by atoms with E-state index >= 15 is 0 Å². The van der Waals surface area contributed by atoms with Gasteiger partial charge < -0.3 is 10.2 Å². The number of piperidine rings is 1. The van der Waals surface area contributed by atoms with Gasteiger partial charge in [-0.1, -0.05) is 27.7 Å². The maximum atomic E-state index is 3.65. The van der Waals surface area contributed by atoms with E-state index in [-0.39, 0.29) is 0 Å². The van der Waals surface area contributed by atoms with Crippen molar-refractivity contribution in [3.05, 3.63) is 0 Å². The predicted molar refractivity (Wildman–Crippen MR) is 71.8 cm³/mol. The SMILES string of the molecule is CCC(CC)NCCN1CCC(C)(C)CC1.